The SMILES string of the molecule is C=CCBF. The quantitative estimate of drug-likeness (QED) is 0.336. The van der Waals surface area contributed by atoms with E-state index in [-0.39, 0.29) is 7.56 Å². The standard InChI is InChI=1S/C3H6BF/c1-2-3-4-5/h2,4H,1,3H2. The Kier molecular flexibility index (Phi) is 3.54. The maximum atomic E-state index is 10.9. The van der Waals surface area contributed by atoms with Gasteiger partial charge in [-0.15, -0.1) is 6.58 Å². The molecule has 0 bridgehead atoms. The Bertz CT molecular complexity index is 28.1. The van der Waals surface area contributed by atoms with Gasteiger partial charge in [-0.1, -0.05) is 6.08 Å². The predicted octanol–water partition coefficient (Wildman–Crippen LogP) is 0.912. The van der Waals surface area contributed by atoms with Crippen LogP contribution in [0.15, 0.2) is 12.7 Å². The van der Waals surface area contributed by atoms with Crippen molar-refractivity contribution in [3.05, 3.63) is 12.7 Å². The van der Waals surface area contributed by atoms with Crippen LogP contribution in [0.4, 0.5) is 4.32 Å². The lowest BCUT2D eigenvalue weighted by Crippen LogP contribution is -1.67. The fourth-order valence-corrected chi connectivity index (χ4v) is 0.0772. The average Bonchev–Trinajstić information content (AvgIpc) is 1.41. The summed E-state index contributed by atoms with van der Waals surface area (Å²) < 4.78 is 10.9. The molecule has 0 fully saturated rings. The van der Waals surface area contributed by atoms with Gasteiger partial charge in [-0.3, -0.25) is 0 Å². The Morgan fingerprint density at radius 2 is 2.60 bits per heavy atom. The monoisotopic (exact) mass is 72.1 g/mol. The zero-order valence-corrected chi connectivity index (χ0v) is 3.08. The summed E-state index contributed by atoms with van der Waals surface area (Å²) in [6.07, 6.45) is 2.04. The van der Waals surface area contributed by atoms with E-state index in [0.717, 1.165) is 0 Å². The molecule has 0 aliphatic rings. The molecule has 0 spiro atoms. The zero-order chi connectivity index (χ0) is 4.12. The van der Waals surface area contributed by atoms with Gasteiger partial charge in [0, 0.05) is 0 Å². The number of rotatable bonds is 2. The first-order valence-corrected chi connectivity index (χ1v) is 1.58. The number of halogens is 1. The van der Waals surface area contributed by atoms with Gasteiger partial charge in [0.1, 0.15) is 0 Å². The van der Waals surface area contributed by atoms with Crippen LogP contribution >= 0.6 is 0 Å². The van der Waals surface area contributed by atoms with Crippen molar-refractivity contribution >= 4 is 7.56 Å². The summed E-state index contributed by atoms with van der Waals surface area (Å²) in [5.41, 5.74) is 0. The summed E-state index contributed by atoms with van der Waals surface area (Å²) in [5.74, 6) is 0. The molecule has 0 aromatic rings. The van der Waals surface area contributed by atoms with Crippen molar-refractivity contribution in [1.82, 2.24) is 0 Å². The molecule has 0 radical (unpaired) electrons. The van der Waals surface area contributed by atoms with Gasteiger partial charge < -0.3 is 4.32 Å². The highest BCUT2D eigenvalue weighted by atomic mass is 19.1. The highest BCUT2D eigenvalue weighted by molar-refractivity contribution is 6.26. The highest BCUT2D eigenvalue weighted by Gasteiger charge is 1.73. The first-order valence-electron chi connectivity index (χ1n) is 1.58. The summed E-state index contributed by atoms with van der Waals surface area (Å²) >= 11 is 0. The van der Waals surface area contributed by atoms with Crippen molar-refractivity contribution in [2.75, 3.05) is 0 Å². The van der Waals surface area contributed by atoms with E-state index in [0.29, 0.717) is 6.32 Å². The summed E-state index contributed by atoms with van der Waals surface area (Å²) in [6, 6.07) is 0. The normalized spacial score (nSPS) is 6.60. The van der Waals surface area contributed by atoms with Crippen molar-refractivity contribution < 1.29 is 4.32 Å². The van der Waals surface area contributed by atoms with Gasteiger partial charge in [-0.25, -0.2) is 0 Å². The Balaban J connectivity index is 2.40. The lowest BCUT2D eigenvalue weighted by atomic mass is 10.0. The molecule has 0 nitrogen and oxygen atoms in total. The molecule has 0 atom stereocenters. The third-order valence-electron chi connectivity index (χ3n) is 0.313. The third-order valence-corrected chi connectivity index (χ3v) is 0.313. The van der Waals surface area contributed by atoms with E-state index in [2.05, 4.69) is 6.58 Å². The molecule has 0 heterocycles. The molecule has 0 aliphatic carbocycles. The van der Waals surface area contributed by atoms with Crippen molar-refractivity contribution in [3.63, 3.8) is 0 Å². The molecular weight excluding hydrogens is 65.8 g/mol. The van der Waals surface area contributed by atoms with Crippen LogP contribution in [0.1, 0.15) is 0 Å². The van der Waals surface area contributed by atoms with Crippen molar-refractivity contribution in [2.24, 2.45) is 0 Å². The predicted molar refractivity (Wildman–Crippen MR) is 23.3 cm³/mol. The maximum absolute atomic E-state index is 10.9. The molecule has 5 heavy (non-hydrogen) atoms. The molecule has 0 aliphatic heterocycles. The molecule has 0 N–H and O–H groups in total. The lowest BCUT2D eigenvalue weighted by molar-refractivity contribution is 0.869. The molecule has 0 rings (SSSR count). The first kappa shape index (κ1) is 4.73. The zero-order valence-electron chi connectivity index (χ0n) is 3.08. The van der Waals surface area contributed by atoms with E-state index in [1.807, 2.05) is 0 Å². The number of hydrogen-bond acceptors (Lipinski definition) is 0. The van der Waals surface area contributed by atoms with Crippen molar-refractivity contribution in [3.8, 4) is 0 Å². The van der Waals surface area contributed by atoms with E-state index in [1.165, 1.54) is 0 Å². The smallest absolute Gasteiger partial charge is 0.335 e. The van der Waals surface area contributed by atoms with Crippen LogP contribution in [0.5, 0.6) is 0 Å². The van der Waals surface area contributed by atoms with Gasteiger partial charge in [0.15, 0.2) is 0 Å². The van der Waals surface area contributed by atoms with E-state index >= 15 is 0 Å². The van der Waals surface area contributed by atoms with E-state index in [1.54, 1.807) is 6.08 Å². The molecule has 2 heteroatoms. The molecule has 0 saturated heterocycles. The van der Waals surface area contributed by atoms with Gasteiger partial charge in [0.2, 0.25) is 0 Å². The summed E-state index contributed by atoms with van der Waals surface area (Å²) in [5, 5.41) is 0. The Morgan fingerprint density at radius 1 is 2.00 bits per heavy atom. The first-order chi connectivity index (χ1) is 2.41. The largest absolute Gasteiger partial charge is 0.341 e. The molecule has 0 unspecified atom stereocenters. The van der Waals surface area contributed by atoms with Crippen LogP contribution in [-0.2, 0) is 0 Å². The van der Waals surface area contributed by atoms with Crippen LogP contribution in [0.3, 0.4) is 0 Å². The highest BCUT2D eigenvalue weighted by Crippen LogP contribution is 1.74. The van der Waals surface area contributed by atoms with Gasteiger partial charge in [0.05, 0.1) is 0 Å². The van der Waals surface area contributed by atoms with Gasteiger partial charge >= 0.3 is 7.56 Å². The second-order valence-electron chi connectivity index (χ2n) is 0.766. The Morgan fingerprint density at radius 3 is 2.60 bits per heavy atom. The fourth-order valence-electron chi connectivity index (χ4n) is 0.0772. The molecule has 0 saturated carbocycles. The van der Waals surface area contributed by atoms with Crippen molar-refractivity contribution in [1.29, 1.82) is 0 Å². The molecule has 0 aromatic carbocycles. The van der Waals surface area contributed by atoms with Gasteiger partial charge in [-0.2, -0.15) is 0 Å². The van der Waals surface area contributed by atoms with E-state index in [4.69, 9.17) is 0 Å². The topological polar surface area (TPSA) is 0 Å². The Labute approximate surface area is 32.0 Å². The Hall–Kier alpha value is -0.265. The van der Waals surface area contributed by atoms with Gasteiger partial charge in [0.25, 0.3) is 0 Å². The molecule has 28 valence electrons. The third kappa shape index (κ3) is 3.73. The minimum atomic E-state index is -0.274. The molecule has 0 amide bonds. The number of hydrogen-bond donors (Lipinski definition) is 0. The van der Waals surface area contributed by atoms with Crippen LogP contribution in [0, 0.1) is 0 Å². The van der Waals surface area contributed by atoms with Crippen LogP contribution < -0.4 is 0 Å². The minimum Gasteiger partial charge on any atom is -0.341 e. The van der Waals surface area contributed by atoms with E-state index < -0.39 is 0 Å². The van der Waals surface area contributed by atoms with Crippen molar-refractivity contribution in [2.45, 2.75) is 6.32 Å². The van der Waals surface area contributed by atoms with Crippen LogP contribution in [0.2, 0.25) is 6.32 Å². The fraction of sp³-hybridized carbons (Fsp3) is 0.333. The maximum Gasteiger partial charge on any atom is 0.335 e. The summed E-state index contributed by atoms with van der Waals surface area (Å²) in [6.45, 7) is 3.31. The van der Waals surface area contributed by atoms with Crippen LogP contribution in [0.25, 0.3) is 0 Å². The van der Waals surface area contributed by atoms with Crippen LogP contribution in [-0.4, -0.2) is 7.56 Å². The minimum absolute atomic E-state index is 0.274. The van der Waals surface area contributed by atoms with E-state index in [9.17, 15) is 4.32 Å². The summed E-state index contributed by atoms with van der Waals surface area (Å²) in [7, 11) is -0.274. The summed E-state index contributed by atoms with van der Waals surface area (Å²) in [4.78, 5) is 0. The van der Waals surface area contributed by atoms with Gasteiger partial charge in [-0.05, 0) is 6.32 Å². The lowest BCUT2D eigenvalue weighted by Gasteiger charge is -1.65. The molecular formula is C3H6BF. The second-order valence-corrected chi connectivity index (χ2v) is 0.766. The second kappa shape index (κ2) is 3.73. The molecule has 0 aromatic heterocycles. The number of allylic oxidation sites excluding steroid dienone is 1. The average molecular weight is 71.9 g/mol.